The fourth-order valence-electron chi connectivity index (χ4n) is 2.27. The molecule has 0 fully saturated rings. The van der Waals surface area contributed by atoms with Crippen LogP contribution in [0.5, 0.6) is 0 Å². The Balaban J connectivity index is 0.00000441. The molecule has 1 aromatic carbocycles. The van der Waals surface area contributed by atoms with Crippen LogP contribution in [-0.2, 0) is 17.5 Å². The lowest BCUT2D eigenvalue weighted by Crippen LogP contribution is -2.45. The van der Waals surface area contributed by atoms with Crippen molar-refractivity contribution in [3.8, 4) is 0 Å². The molecule has 0 bridgehead atoms. The number of rotatable bonds is 6. The third-order valence-electron chi connectivity index (χ3n) is 3.99. The van der Waals surface area contributed by atoms with E-state index in [0.717, 1.165) is 6.07 Å². The van der Waals surface area contributed by atoms with Gasteiger partial charge in [-0.05, 0) is 24.5 Å². The summed E-state index contributed by atoms with van der Waals surface area (Å²) < 4.78 is 38.6. The zero-order chi connectivity index (χ0) is 16.1. The molecule has 0 saturated carbocycles. The van der Waals surface area contributed by atoms with E-state index < -0.39 is 17.2 Å². The lowest BCUT2D eigenvalue weighted by atomic mass is 9.81. The van der Waals surface area contributed by atoms with E-state index in [2.05, 4.69) is 5.32 Å². The van der Waals surface area contributed by atoms with E-state index in [1.165, 1.54) is 18.2 Å². The topological polar surface area (TPSA) is 55.1 Å². The van der Waals surface area contributed by atoms with E-state index in [1.54, 1.807) is 0 Å². The highest BCUT2D eigenvalue weighted by Crippen LogP contribution is 2.32. The number of hydrogen-bond donors (Lipinski definition) is 2. The van der Waals surface area contributed by atoms with E-state index in [9.17, 15) is 18.0 Å². The van der Waals surface area contributed by atoms with Gasteiger partial charge in [0.05, 0.1) is 11.0 Å². The molecule has 126 valence electrons. The minimum Gasteiger partial charge on any atom is -0.351 e. The molecule has 0 aromatic heterocycles. The second-order valence-electron chi connectivity index (χ2n) is 5.03. The van der Waals surface area contributed by atoms with Crippen molar-refractivity contribution in [2.24, 2.45) is 11.1 Å². The molecular weight excluding hydrogens is 317 g/mol. The summed E-state index contributed by atoms with van der Waals surface area (Å²) in [5, 5.41) is 2.59. The van der Waals surface area contributed by atoms with Crippen molar-refractivity contribution < 1.29 is 18.0 Å². The van der Waals surface area contributed by atoms with Crippen LogP contribution in [0.25, 0.3) is 0 Å². The highest BCUT2D eigenvalue weighted by Gasteiger charge is 2.35. The Labute approximate surface area is 134 Å². The van der Waals surface area contributed by atoms with Crippen molar-refractivity contribution >= 4 is 18.3 Å². The van der Waals surface area contributed by atoms with Gasteiger partial charge in [0.2, 0.25) is 5.91 Å². The lowest BCUT2D eigenvalue weighted by Gasteiger charge is -2.28. The van der Waals surface area contributed by atoms with Crippen LogP contribution < -0.4 is 11.1 Å². The van der Waals surface area contributed by atoms with Crippen LogP contribution in [0.4, 0.5) is 13.2 Å². The van der Waals surface area contributed by atoms with Crippen LogP contribution >= 0.6 is 12.4 Å². The van der Waals surface area contributed by atoms with Crippen molar-refractivity contribution in [1.82, 2.24) is 5.32 Å². The van der Waals surface area contributed by atoms with Gasteiger partial charge in [0, 0.05) is 13.1 Å². The second-order valence-corrected chi connectivity index (χ2v) is 5.03. The number of amides is 1. The fraction of sp³-hybridized carbons (Fsp3) is 0.533. The summed E-state index contributed by atoms with van der Waals surface area (Å²) in [4.78, 5) is 12.2. The van der Waals surface area contributed by atoms with Crippen LogP contribution in [0.3, 0.4) is 0 Å². The summed E-state index contributed by atoms with van der Waals surface area (Å²) in [6.45, 7) is 3.71. The predicted octanol–water partition coefficient (Wildman–Crippen LogP) is 3.51. The maximum absolute atomic E-state index is 12.9. The molecule has 22 heavy (non-hydrogen) atoms. The molecule has 0 radical (unpaired) electrons. The average Bonchev–Trinajstić information content (AvgIpc) is 2.47. The first-order chi connectivity index (χ1) is 9.80. The molecule has 0 aliphatic carbocycles. The Bertz CT molecular complexity index is 480. The summed E-state index contributed by atoms with van der Waals surface area (Å²) in [6.07, 6.45) is -3.33. The largest absolute Gasteiger partial charge is 0.416 e. The number of hydrogen-bond acceptors (Lipinski definition) is 2. The summed E-state index contributed by atoms with van der Waals surface area (Å²) >= 11 is 0. The van der Waals surface area contributed by atoms with Crippen molar-refractivity contribution in [2.45, 2.75) is 39.4 Å². The van der Waals surface area contributed by atoms with Crippen LogP contribution in [0, 0.1) is 5.41 Å². The molecule has 0 aliphatic rings. The minimum absolute atomic E-state index is 0. The molecular formula is C15H22ClF3N2O. The Kier molecular flexibility index (Phi) is 7.90. The summed E-state index contributed by atoms with van der Waals surface area (Å²) in [7, 11) is 0. The Hall–Kier alpha value is -1.27. The van der Waals surface area contributed by atoms with Gasteiger partial charge >= 0.3 is 6.18 Å². The third kappa shape index (κ3) is 4.61. The van der Waals surface area contributed by atoms with Crippen LogP contribution in [-0.4, -0.2) is 12.5 Å². The summed E-state index contributed by atoms with van der Waals surface area (Å²) in [5.41, 5.74) is 4.27. The highest BCUT2D eigenvalue weighted by molar-refractivity contribution is 5.85. The Morgan fingerprint density at radius 2 is 1.73 bits per heavy atom. The van der Waals surface area contributed by atoms with Gasteiger partial charge in [-0.15, -0.1) is 12.4 Å². The molecule has 1 amide bonds. The number of carbonyl (C=O) groups is 1. The number of halogens is 4. The highest BCUT2D eigenvalue weighted by atomic mass is 35.5. The zero-order valence-corrected chi connectivity index (χ0v) is 13.5. The number of nitrogens with two attached hydrogens (primary N) is 1. The first-order valence-corrected chi connectivity index (χ1v) is 6.94. The smallest absolute Gasteiger partial charge is 0.351 e. The first-order valence-electron chi connectivity index (χ1n) is 6.94. The van der Waals surface area contributed by atoms with Gasteiger partial charge in [-0.3, -0.25) is 4.79 Å². The maximum atomic E-state index is 12.9. The van der Waals surface area contributed by atoms with Crippen molar-refractivity contribution in [2.75, 3.05) is 6.54 Å². The van der Waals surface area contributed by atoms with Gasteiger partial charge in [-0.2, -0.15) is 13.2 Å². The predicted molar refractivity (Wildman–Crippen MR) is 82.6 cm³/mol. The SMILES string of the molecule is CCC(CC)(CN)C(=O)NCc1ccccc1C(F)(F)F.Cl. The normalized spacial score (nSPS) is 11.7. The monoisotopic (exact) mass is 338 g/mol. The average molecular weight is 339 g/mol. The van der Waals surface area contributed by atoms with E-state index in [0.29, 0.717) is 12.8 Å². The summed E-state index contributed by atoms with van der Waals surface area (Å²) in [6, 6.07) is 5.23. The summed E-state index contributed by atoms with van der Waals surface area (Å²) in [5.74, 6) is -0.299. The molecule has 3 nitrogen and oxygen atoms in total. The first kappa shape index (κ1) is 20.7. The second kappa shape index (κ2) is 8.39. The molecule has 3 N–H and O–H groups in total. The zero-order valence-electron chi connectivity index (χ0n) is 12.7. The van der Waals surface area contributed by atoms with Crippen molar-refractivity contribution in [1.29, 1.82) is 0 Å². The fourth-order valence-corrected chi connectivity index (χ4v) is 2.27. The number of alkyl halides is 3. The molecule has 1 rings (SSSR count). The van der Waals surface area contributed by atoms with Crippen LogP contribution in [0.2, 0.25) is 0 Å². The number of benzene rings is 1. The van der Waals surface area contributed by atoms with Gasteiger partial charge in [-0.1, -0.05) is 32.0 Å². The van der Waals surface area contributed by atoms with Gasteiger partial charge in [0.25, 0.3) is 0 Å². The Morgan fingerprint density at radius 1 is 1.18 bits per heavy atom. The van der Waals surface area contributed by atoms with Crippen LogP contribution in [0.15, 0.2) is 24.3 Å². The van der Waals surface area contributed by atoms with Gasteiger partial charge in [-0.25, -0.2) is 0 Å². The van der Waals surface area contributed by atoms with Gasteiger partial charge in [0.15, 0.2) is 0 Å². The van der Waals surface area contributed by atoms with Crippen LogP contribution in [0.1, 0.15) is 37.8 Å². The molecule has 1 aromatic rings. The number of carbonyl (C=O) groups excluding carboxylic acids is 1. The molecule has 0 aliphatic heterocycles. The van der Waals surface area contributed by atoms with E-state index >= 15 is 0 Å². The Morgan fingerprint density at radius 3 is 2.18 bits per heavy atom. The quantitative estimate of drug-likeness (QED) is 0.834. The van der Waals surface area contributed by atoms with Gasteiger partial charge in [0.1, 0.15) is 0 Å². The molecule has 0 unspecified atom stereocenters. The molecule has 0 saturated heterocycles. The maximum Gasteiger partial charge on any atom is 0.416 e. The van der Waals surface area contributed by atoms with E-state index in [-0.39, 0.29) is 37.0 Å². The van der Waals surface area contributed by atoms with E-state index in [1.807, 2.05) is 13.8 Å². The van der Waals surface area contributed by atoms with E-state index in [4.69, 9.17) is 5.73 Å². The number of nitrogens with one attached hydrogen (secondary N) is 1. The molecule has 0 atom stereocenters. The third-order valence-corrected chi connectivity index (χ3v) is 3.99. The standard InChI is InChI=1S/C15H21F3N2O.ClH/c1-3-14(4-2,10-19)13(21)20-9-11-7-5-6-8-12(11)15(16,17)18;/h5-8H,3-4,9-10,19H2,1-2H3,(H,20,21);1H. The van der Waals surface area contributed by atoms with Gasteiger partial charge < -0.3 is 11.1 Å². The molecule has 0 heterocycles. The minimum atomic E-state index is -4.43. The molecule has 0 spiro atoms. The molecule has 7 heteroatoms. The lowest BCUT2D eigenvalue weighted by molar-refractivity contribution is -0.139. The van der Waals surface area contributed by atoms with Crippen molar-refractivity contribution in [3.05, 3.63) is 35.4 Å². The van der Waals surface area contributed by atoms with Crippen molar-refractivity contribution in [3.63, 3.8) is 0 Å².